The van der Waals surface area contributed by atoms with Crippen molar-refractivity contribution >= 4 is 27.8 Å². The van der Waals surface area contributed by atoms with Gasteiger partial charge in [0.1, 0.15) is 6.04 Å². The van der Waals surface area contributed by atoms with Gasteiger partial charge in [0.25, 0.3) is 0 Å². The van der Waals surface area contributed by atoms with Crippen LogP contribution >= 0.6 is 15.9 Å². The van der Waals surface area contributed by atoms with Crippen LogP contribution in [0.25, 0.3) is 0 Å². The summed E-state index contributed by atoms with van der Waals surface area (Å²) >= 11 is 3.43. The molecule has 6 nitrogen and oxygen atoms in total. The largest absolute Gasteiger partial charge is 0.469 e. The van der Waals surface area contributed by atoms with E-state index in [0.717, 1.165) is 15.6 Å². The lowest BCUT2D eigenvalue weighted by molar-refractivity contribution is -0.141. The number of esters is 1. The number of amides is 1. The molecule has 3 atom stereocenters. The van der Waals surface area contributed by atoms with E-state index >= 15 is 0 Å². The first-order valence-electron chi connectivity index (χ1n) is 8.75. The summed E-state index contributed by atoms with van der Waals surface area (Å²) in [5, 5.41) is 2.98. The van der Waals surface area contributed by atoms with Crippen molar-refractivity contribution in [2.75, 3.05) is 7.11 Å². The third-order valence-corrected chi connectivity index (χ3v) is 5.08. The molecular formula is C20H22BrN3O3. The molecule has 0 saturated carbocycles. The van der Waals surface area contributed by atoms with Crippen molar-refractivity contribution in [3.05, 3.63) is 70.2 Å². The first kappa shape index (κ1) is 19.5. The molecule has 1 heterocycles. The van der Waals surface area contributed by atoms with Gasteiger partial charge in [-0.1, -0.05) is 58.4 Å². The summed E-state index contributed by atoms with van der Waals surface area (Å²) in [4.78, 5) is 24.6. The van der Waals surface area contributed by atoms with Crippen molar-refractivity contribution < 1.29 is 14.3 Å². The lowest BCUT2D eigenvalue weighted by Crippen LogP contribution is -2.44. The van der Waals surface area contributed by atoms with E-state index in [4.69, 9.17) is 4.74 Å². The van der Waals surface area contributed by atoms with Crippen LogP contribution in [0.15, 0.2) is 59.1 Å². The Kier molecular flexibility index (Phi) is 6.60. The number of halogens is 1. The number of hydrogen-bond donors (Lipinski definition) is 3. The molecule has 2 aromatic rings. The minimum atomic E-state index is -0.458. The van der Waals surface area contributed by atoms with E-state index in [9.17, 15) is 9.59 Å². The quantitative estimate of drug-likeness (QED) is 0.612. The summed E-state index contributed by atoms with van der Waals surface area (Å²) in [7, 11) is 1.34. The molecule has 3 N–H and O–H groups in total. The highest BCUT2D eigenvalue weighted by molar-refractivity contribution is 9.10. The average Bonchev–Trinajstić information content (AvgIpc) is 3.18. The number of carbonyl (C=O) groups excluding carboxylic acids is 2. The predicted molar refractivity (Wildman–Crippen MR) is 106 cm³/mol. The van der Waals surface area contributed by atoms with Gasteiger partial charge in [-0.2, -0.15) is 0 Å². The van der Waals surface area contributed by atoms with Gasteiger partial charge in [-0.25, -0.2) is 10.9 Å². The Morgan fingerprint density at radius 3 is 2.67 bits per heavy atom. The number of benzene rings is 2. The minimum absolute atomic E-state index is 0.0619. The Balaban J connectivity index is 1.68. The van der Waals surface area contributed by atoms with E-state index in [1.807, 2.05) is 54.6 Å². The van der Waals surface area contributed by atoms with Crippen molar-refractivity contribution in [3.63, 3.8) is 0 Å². The lowest BCUT2D eigenvalue weighted by atomic mass is 10.00. The Bertz CT molecular complexity index is 800. The highest BCUT2D eigenvalue weighted by Crippen LogP contribution is 2.24. The molecule has 1 amide bonds. The molecule has 0 radical (unpaired) electrons. The number of rotatable bonds is 6. The zero-order chi connectivity index (χ0) is 19.2. The van der Waals surface area contributed by atoms with Crippen molar-refractivity contribution in [2.24, 2.45) is 0 Å². The van der Waals surface area contributed by atoms with Gasteiger partial charge in [-0.05, 0) is 29.7 Å². The lowest BCUT2D eigenvalue weighted by Gasteiger charge is -2.20. The SMILES string of the molecule is COC(=O)CC(NC(=O)C1CC(c2ccccc2)NN1)c1cccc(Br)c1. The van der Waals surface area contributed by atoms with Crippen LogP contribution in [0.5, 0.6) is 0 Å². The zero-order valence-electron chi connectivity index (χ0n) is 14.9. The highest BCUT2D eigenvalue weighted by Gasteiger charge is 2.31. The molecule has 1 saturated heterocycles. The molecular weight excluding hydrogens is 410 g/mol. The molecule has 3 unspecified atom stereocenters. The first-order chi connectivity index (χ1) is 13.1. The van der Waals surface area contributed by atoms with Crippen molar-refractivity contribution in [2.45, 2.75) is 31.0 Å². The molecule has 142 valence electrons. The standard InChI is InChI=1S/C20H22BrN3O3/c1-27-19(25)12-16(14-8-5-9-15(21)10-14)22-20(26)18-11-17(23-24-18)13-6-3-2-4-7-13/h2-10,16-18,23-24H,11-12H2,1H3,(H,22,26). The Morgan fingerprint density at radius 1 is 1.19 bits per heavy atom. The van der Waals surface area contributed by atoms with Crippen LogP contribution in [0.2, 0.25) is 0 Å². The van der Waals surface area contributed by atoms with Crippen LogP contribution in [0.4, 0.5) is 0 Å². The number of ether oxygens (including phenoxy) is 1. The molecule has 1 aliphatic rings. The fourth-order valence-electron chi connectivity index (χ4n) is 3.13. The molecule has 0 aliphatic carbocycles. The van der Waals surface area contributed by atoms with E-state index in [-0.39, 0.29) is 30.4 Å². The second-order valence-electron chi connectivity index (χ2n) is 6.44. The zero-order valence-corrected chi connectivity index (χ0v) is 16.5. The minimum Gasteiger partial charge on any atom is -0.469 e. The van der Waals surface area contributed by atoms with Gasteiger partial charge in [-0.15, -0.1) is 0 Å². The van der Waals surface area contributed by atoms with Crippen LogP contribution in [0, 0.1) is 0 Å². The summed E-state index contributed by atoms with van der Waals surface area (Å²) < 4.78 is 5.67. The van der Waals surface area contributed by atoms with Gasteiger partial charge in [0.2, 0.25) is 5.91 Å². The Labute approximate surface area is 166 Å². The first-order valence-corrected chi connectivity index (χ1v) is 9.55. The second kappa shape index (κ2) is 9.12. The Hall–Kier alpha value is -2.22. The monoisotopic (exact) mass is 431 g/mol. The highest BCUT2D eigenvalue weighted by atomic mass is 79.9. The second-order valence-corrected chi connectivity index (χ2v) is 7.35. The molecule has 7 heteroatoms. The number of hydrazine groups is 1. The predicted octanol–water partition coefficient (Wildman–Crippen LogP) is 2.78. The third-order valence-electron chi connectivity index (χ3n) is 4.59. The molecule has 27 heavy (non-hydrogen) atoms. The van der Waals surface area contributed by atoms with Gasteiger partial charge >= 0.3 is 5.97 Å². The number of carbonyl (C=O) groups is 2. The summed E-state index contributed by atoms with van der Waals surface area (Å²) in [5.41, 5.74) is 8.19. The van der Waals surface area contributed by atoms with E-state index in [2.05, 4.69) is 32.1 Å². The molecule has 0 spiro atoms. The fourth-order valence-corrected chi connectivity index (χ4v) is 3.55. The third kappa shape index (κ3) is 5.15. The normalized spacial score (nSPS) is 20.1. The maximum atomic E-state index is 12.8. The van der Waals surface area contributed by atoms with Crippen LogP contribution in [0.1, 0.15) is 36.1 Å². The van der Waals surface area contributed by atoms with Crippen molar-refractivity contribution in [1.82, 2.24) is 16.2 Å². The molecule has 1 fully saturated rings. The molecule has 3 rings (SSSR count). The Morgan fingerprint density at radius 2 is 1.96 bits per heavy atom. The smallest absolute Gasteiger partial charge is 0.307 e. The summed E-state index contributed by atoms with van der Waals surface area (Å²) in [6.45, 7) is 0. The van der Waals surface area contributed by atoms with Gasteiger partial charge in [0, 0.05) is 10.5 Å². The van der Waals surface area contributed by atoms with Gasteiger partial charge in [-0.3, -0.25) is 9.59 Å². The van der Waals surface area contributed by atoms with E-state index in [0.29, 0.717) is 6.42 Å². The van der Waals surface area contributed by atoms with Crippen LogP contribution < -0.4 is 16.2 Å². The number of hydrogen-bond acceptors (Lipinski definition) is 5. The van der Waals surface area contributed by atoms with Gasteiger partial charge in [0.15, 0.2) is 0 Å². The van der Waals surface area contributed by atoms with E-state index in [1.54, 1.807) is 0 Å². The molecule has 1 aliphatic heterocycles. The average molecular weight is 432 g/mol. The summed E-state index contributed by atoms with van der Waals surface area (Å²) in [6, 6.07) is 16.7. The van der Waals surface area contributed by atoms with Gasteiger partial charge < -0.3 is 10.1 Å². The molecule has 0 bridgehead atoms. The van der Waals surface area contributed by atoms with Gasteiger partial charge in [0.05, 0.1) is 19.6 Å². The summed E-state index contributed by atoms with van der Waals surface area (Å²) in [5.74, 6) is -0.533. The van der Waals surface area contributed by atoms with E-state index in [1.165, 1.54) is 7.11 Å². The maximum absolute atomic E-state index is 12.8. The number of nitrogens with one attached hydrogen (secondary N) is 3. The van der Waals surface area contributed by atoms with E-state index < -0.39 is 6.04 Å². The van der Waals surface area contributed by atoms with Crippen LogP contribution in [0.3, 0.4) is 0 Å². The van der Waals surface area contributed by atoms with Crippen LogP contribution in [-0.4, -0.2) is 25.0 Å². The molecule has 0 aromatic heterocycles. The van der Waals surface area contributed by atoms with Crippen molar-refractivity contribution in [1.29, 1.82) is 0 Å². The van der Waals surface area contributed by atoms with Crippen LogP contribution in [-0.2, 0) is 14.3 Å². The molecule has 2 aromatic carbocycles. The maximum Gasteiger partial charge on any atom is 0.307 e. The summed E-state index contributed by atoms with van der Waals surface area (Å²) in [6.07, 6.45) is 0.695. The topological polar surface area (TPSA) is 79.5 Å². The number of methoxy groups -OCH3 is 1. The fraction of sp³-hybridized carbons (Fsp3) is 0.300. The van der Waals surface area contributed by atoms with Crippen molar-refractivity contribution in [3.8, 4) is 0 Å².